The summed E-state index contributed by atoms with van der Waals surface area (Å²) in [7, 11) is 0. The monoisotopic (exact) mass is 398 g/mol. The second kappa shape index (κ2) is 8.11. The first-order valence-corrected chi connectivity index (χ1v) is 10.3. The molecule has 0 saturated heterocycles. The molecule has 5 nitrogen and oxygen atoms in total. The van der Waals surface area contributed by atoms with Gasteiger partial charge < -0.3 is 5.32 Å². The van der Waals surface area contributed by atoms with Crippen LogP contribution >= 0.6 is 0 Å². The van der Waals surface area contributed by atoms with Crippen molar-refractivity contribution in [2.75, 3.05) is 5.32 Å². The average molecular weight is 399 g/mol. The zero-order valence-electron chi connectivity index (χ0n) is 17.8. The molecule has 1 heterocycles. The number of aromatic nitrogens is 3. The topological polar surface area (TPSA) is 59.8 Å². The Morgan fingerprint density at radius 3 is 2.20 bits per heavy atom. The zero-order valence-corrected chi connectivity index (χ0v) is 17.8. The van der Waals surface area contributed by atoms with Crippen molar-refractivity contribution >= 4 is 22.6 Å². The Labute approximate surface area is 176 Å². The predicted octanol–water partition coefficient (Wildman–Crippen LogP) is 5.67. The maximum Gasteiger partial charge on any atom is 0.255 e. The highest BCUT2D eigenvalue weighted by Crippen LogP contribution is 2.23. The van der Waals surface area contributed by atoms with Crippen molar-refractivity contribution in [3.8, 4) is 5.69 Å². The normalized spacial score (nSPS) is 11.2. The van der Waals surface area contributed by atoms with Gasteiger partial charge in [0.05, 0.1) is 5.69 Å². The lowest BCUT2D eigenvalue weighted by molar-refractivity contribution is 0.102. The minimum absolute atomic E-state index is 0.129. The lowest BCUT2D eigenvalue weighted by atomic mass is 10.0. The summed E-state index contributed by atoms with van der Waals surface area (Å²) < 4.78 is 0. The first kappa shape index (κ1) is 19.8. The second-order valence-corrected chi connectivity index (χ2v) is 7.90. The Kier molecular flexibility index (Phi) is 5.36. The number of fused-ring (bicyclic) bond motifs is 1. The van der Waals surface area contributed by atoms with Gasteiger partial charge in [-0.25, -0.2) is 0 Å². The fourth-order valence-corrected chi connectivity index (χ4v) is 3.40. The van der Waals surface area contributed by atoms with Crippen LogP contribution in [0.4, 0.5) is 5.69 Å². The van der Waals surface area contributed by atoms with Crippen LogP contribution < -0.4 is 5.32 Å². The molecule has 3 aromatic carbocycles. The minimum atomic E-state index is -0.129. The first-order chi connectivity index (χ1) is 14.4. The van der Waals surface area contributed by atoms with Crippen LogP contribution in [0.1, 0.15) is 53.7 Å². The number of carbonyl (C=O) groups excluding carboxylic acids is 1. The Balaban J connectivity index is 1.59. The smallest absolute Gasteiger partial charge is 0.255 e. The van der Waals surface area contributed by atoms with Crippen molar-refractivity contribution in [2.24, 2.45) is 0 Å². The molecule has 152 valence electrons. The first-order valence-electron chi connectivity index (χ1n) is 10.3. The molecule has 0 bridgehead atoms. The van der Waals surface area contributed by atoms with E-state index in [2.05, 4.69) is 48.4 Å². The van der Waals surface area contributed by atoms with Gasteiger partial charge in [-0.15, -0.1) is 10.2 Å². The minimum Gasteiger partial charge on any atom is -0.322 e. The number of rotatable bonds is 5. The molecule has 0 aliphatic rings. The summed E-state index contributed by atoms with van der Waals surface area (Å²) in [5.74, 6) is 0.308. The summed E-state index contributed by atoms with van der Waals surface area (Å²) >= 11 is 0. The zero-order chi connectivity index (χ0) is 21.3. The van der Waals surface area contributed by atoms with Crippen molar-refractivity contribution in [1.29, 1.82) is 0 Å². The summed E-state index contributed by atoms with van der Waals surface area (Å²) in [6.07, 6.45) is 0.997. The lowest BCUT2D eigenvalue weighted by Gasteiger charge is -2.10. The molecule has 0 spiro atoms. The van der Waals surface area contributed by atoms with E-state index in [9.17, 15) is 4.79 Å². The van der Waals surface area contributed by atoms with E-state index >= 15 is 0 Å². The highest BCUT2D eigenvalue weighted by atomic mass is 16.1. The number of nitrogens with zero attached hydrogens (tertiary/aromatic N) is 3. The SMILES string of the molecule is CCc1ccc(-n2nc3cc(C)c(NC(=O)c4ccc(C(C)C)cc4)cc3n2)cc1. The van der Waals surface area contributed by atoms with Crippen molar-refractivity contribution in [3.63, 3.8) is 0 Å². The molecule has 0 unspecified atom stereocenters. The molecule has 4 aromatic rings. The van der Waals surface area contributed by atoms with E-state index < -0.39 is 0 Å². The van der Waals surface area contributed by atoms with Crippen LogP contribution in [0, 0.1) is 6.92 Å². The van der Waals surface area contributed by atoms with Gasteiger partial charge in [0.1, 0.15) is 11.0 Å². The predicted molar refractivity (Wildman–Crippen MR) is 121 cm³/mol. The Morgan fingerprint density at radius 1 is 0.967 bits per heavy atom. The number of amides is 1. The van der Waals surface area contributed by atoms with Crippen LogP contribution in [0.15, 0.2) is 60.7 Å². The lowest BCUT2D eigenvalue weighted by Crippen LogP contribution is -2.12. The molecule has 5 heteroatoms. The number of benzene rings is 3. The standard InChI is InChI=1S/C25H26N4O/c1-5-18-6-12-21(13-7-18)29-27-23-14-17(4)22(15-24(23)28-29)26-25(30)20-10-8-19(9-11-20)16(2)3/h6-16H,5H2,1-4H3,(H,26,30). The summed E-state index contributed by atoms with van der Waals surface area (Å²) in [5, 5.41) is 12.2. The highest BCUT2D eigenvalue weighted by molar-refractivity contribution is 6.05. The van der Waals surface area contributed by atoms with E-state index in [4.69, 9.17) is 0 Å². The van der Waals surface area contributed by atoms with E-state index in [0.29, 0.717) is 11.5 Å². The van der Waals surface area contributed by atoms with E-state index in [1.807, 2.05) is 55.5 Å². The van der Waals surface area contributed by atoms with Crippen molar-refractivity contribution in [2.45, 2.75) is 40.0 Å². The third-order valence-electron chi connectivity index (χ3n) is 5.39. The van der Waals surface area contributed by atoms with E-state index in [-0.39, 0.29) is 5.91 Å². The highest BCUT2D eigenvalue weighted by Gasteiger charge is 2.12. The van der Waals surface area contributed by atoms with E-state index in [0.717, 1.165) is 34.4 Å². The summed E-state index contributed by atoms with van der Waals surface area (Å²) in [6, 6.07) is 19.8. The third-order valence-corrected chi connectivity index (χ3v) is 5.39. The van der Waals surface area contributed by atoms with Crippen molar-refractivity contribution in [3.05, 3.63) is 82.9 Å². The summed E-state index contributed by atoms with van der Waals surface area (Å²) in [5.41, 5.74) is 7.27. The maximum atomic E-state index is 12.7. The van der Waals surface area contributed by atoms with Gasteiger partial charge in [-0.1, -0.05) is 45.0 Å². The Bertz CT molecular complexity index is 1190. The second-order valence-electron chi connectivity index (χ2n) is 7.90. The van der Waals surface area contributed by atoms with Crippen LogP contribution in [0.2, 0.25) is 0 Å². The van der Waals surface area contributed by atoms with Gasteiger partial charge in [-0.2, -0.15) is 4.80 Å². The van der Waals surface area contributed by atoms with Gasteiger partial charge >= 0.3 is 0 Å². The number of carbonyl (C=O) groups is 1. The molecule has 0 aliphatic carbocycles. The number of aryl methyl sites for hydroxylation is 2. The van der Waals surface area contributed by atoms with Gasteiger partial charge in [0.15, 0.2) is 0 Å². The molecule has 4 rings (SSSR count). The quantitative estimate of drug-likeness (QED) is 0.471. The Hall–Kier alpha value is -3.47. The van der Waals surface area contributed by atoms with Crippen LogP contribution in [0.25, 0.3) is 16.7 Å². The Morgan fingerprint density at radius 2 is 1.60 bits per heavy atom. The van der Waals surface area contributed by atoms with Gasteiger partial charge in [0.2, 0.25) is 0 Å². The third kappa shape index (κ3) is 3.96. The fourth-order valence-electron chi connectivity index (χ4n) is 3.40. The molecule has 1 aromatic heterocycles. The molecule has 1 amide bonds. The number of hydrogen-bond acceptors (Lipinski definition) is 3. The number of hydrogen-bond donors (Lipinski definition) is 1. The molecule has 0 aliphatic heterocycles. The van der Waals surface area contributed by atoms with Gasteiger partial charge in [-0.3, -0.25) is 4.79 Å². The van der Waals surface area contributed by atoms with Gasteiger partial charge in [0.25, 0.3) is 5.91 Å². The molecule has 0 saturated carbocycles. The number of anilines is 1. The molecule has 0 radical (unpaired) electrons. The average Bonchev–Trinajstić information content (AvgIpc) is 3.16. The van der Waals surface area contributed by atoms with Gasteiger partial charge in [-0.05, 0) is 72.4 Å². The van der Waals surface area contributed by atoms with E-state index in [1.54, 1.807) is 4.80 Å². The number of nitrogens with one attached hydrogen (secondary N) is 1. The van der Waals surface area contributed by atoms with Crippen molar-refractivity contribution in [1.82, 2.24) is 15.0 Å². The van der Waals surface area contributed by atoms with Crippen LogP contribution in [0.5, 0.6) is 0 Å². The molecule has 0 atom stereocenters. The van der Waals surface area contributed by atoms with Crippen LogP contribution in [-0.4, -0.2) is 20.9 Å². The fraction of sp³-hybridized carbons (Fsp3) is 0.240. The van der Waals surface area contributed by atoms with Crippen LogP contribution in [0.3, 0.4) is 0 Å². The molecule has 0 fully saturated rings. The molecule has 1 N–H and O–H groups in total. The van der Waals surface area contributed by atoms with Crippen molar-refractivity contribution < 1.29 is 4.79 Å². The van der Waals surface area contributed by atoms with Crippen LogP contribution in [-0.2, 0) is 6.42 Å². The maximum absolute atomic E-state index is 12.7. The van der Waals surface area contributed by atoms with E-state index in [1.165, 1.54) is 11.1 Å². The summed E-state index contributed by atoms with van der Waals surface area (Å²) in [6.45, 7) is 8.37. The van der Waals surface area contributed by atoms with Gasteiger partial charge in [0, 0.05) is 11.3 Å². The molecule has 30 heavy (non-hydrogen) atoms. The summed E-state index contributed by atoms with van der Waals surface area (Å²) in [4.78, 5) is 14.4. The molecular weight excluding hydrogens is 372 g/mol. The largest absolute Gasteiger partial charge is 0.322 e. The molecular formula is C25H26N4O.